The number of rotatable bonds is 4. The zero-order valence-electron chi connectivity index (χ0n) is 44.0. The Kier molecular flexibility index (Phi) is 10.6. The molecule has 6 aromatic heterocycles. The van der Waals surface area contributed by atoms with Gasteiger partial charge in [-0.15, -0.1) is 45.3 Å². The first-order chi connectivity index (χ1) is 40.7. The van der Waals surface area contributed by atoms with E-state index in [0.29, 0.717) is 76.0 Å². The molecule has 0 N–H and O–H groups in total. The minimum Gasteiger partial charge on any atom is -0.289 e. The number of benzene rings is 6. The summed E-state index contributed by atoms with van der Waals surface area (Å²) in [6, 6.07) is 37.5. The van der Waals surface area contributed by atoms with Gasteiger partial charge >= 0.3 is 0 Å². The number of nitrogens with zero attached hydrogens (tertiary/aromatic N) is 8. The van der Waals surface area contributed by atoms with Crippen LogP contribution in [0.3, 0.4) is 0 Å². The van der Waals surface area contributed by atoms with Gasteiger partial charge in [-0.1, -0.05) is 100 Å². The maximum atomic E-state index is 17.7. The first-order valence-electron chi connectivity index (χ1n) is 26.1. The summed E-state index contributed by atoms with van der Waals surface area (Å²) < 4.78 is 57.2. The van der Waals surface area contributed by atoms with Gasteiger partial charge in [0, 0.05) is 97.1 Å². The maximum Gasteiger partial charge on any atom is 0.194 e. The molecule has 0 spiro atoms. The number of nitriles is 4. The molecule has 6 heterocycles. The summed E-state index contributed by atoms with van der Waals surface area (Å²) in [4.78, 5) is 31.0. The Morgan fingerprint density at radius 3 is 1.25 bits per heavy atom. The van der Waals surface area contributed by atoms with Gasteiger partial charge in [-0.05, 0) is 80.6 Å². The molecule has 0 radical (unpaired) electrons. The lowest BCUT2D eigenvalue weighted by Gasteiger charge is -2.22. The Morgan fingerprint density at radius 2 is 0.857 bits per heavy atom. The van der Waals surface area contributed by atoms with Gasteiger partial charge < -0.3 is 0 Å². The van der Waals surface area contributed by atoms with Gasteiger partial charge in [0.25, 0.3) is 0 Å². The minimum atomic E-state index is -0.603. The molecule has 4 aliphatic carbocycles. The Hall–Kier alpha value is -9.34. The number of aromatic nitrogens is 4. The molecule has 84 heavy (non-hydrogen) atoms. The Bertz CT molecular complexity index is 5150. The Labute approximate surface area is 499 Å². The van der Waals surface area contributed by atoms with Crippen molar-refractivity contribution in [2.45, 2.75) is 38.5 Å². The predicted molar refractivity (Wildman–Crippen MR) is 332 cm³/mol. The third-order valence-corrected chi connectivity index (χ3v) is 22.9. The fourth-order valence-electron chi connectivity index (χ4n) is 13.1. The Balaban J connectivity index is 0.759. The molecule has 18 heteroatoms. The summed E-state index contributed by atoms with van der Waals surface area (Å²) in [5.74, 6) is -1.16. The molecule has 6 aromatic carbocycles. The molecule has 0 bridgehead atoms. The monoisotopic (exact) mass is 1200 g/mol. The molecule has 0 unspecified atom stereocenters. The molecule has 12 aromatic rings. The zero-order chi connectivity index (χ0) is 57.6. The fraction of sp³-hybridized carbons (Fsp3) is 0.0909. The van der Waals surface area contributed by atoms with E-state index >= 15 is 8.78 Å². The second-order valence-electron chi connectivity index (χ2n) is 21.9. The van der Waals surface area contributed by atoms with Crippen LogP contribution in [0.5, 0.6) is 0 Å². The maximum absolute atomic E-state index is 17.7. The number of hydrogen-bond donors (Lipinski definition) is 0. The molecule has 0 saturated heterocycles. The number of hydrogen-bond acceptors (Lipinski definition) is 16. The van der Waals surface area contributed by atoms with Crippen molar-refractivity contribution < 1.29 is 18.4 Å². The van der Waals surface area contributed by atoms with Gasteiger partial charge in [0.2, 0.25) is 0 Å². The lowest BCUT2D eigenvalue weighted by atomic mass is 9.81. The zero-order valence-corrected chi connectivity index (χ0v) is 48.9. The average molecular weight is 1200 g/mol. The number of carbonyl (C=O) groups is 2. The van der Waals surface area contributed by atoms with E-state index in [1.165, 1.54) is 22.7 Å². The predicted octanol–water partition coefficient (Wildman–Crippen LogP) is 17.8. The van der Waals surface area contributed by atoms with E-state index in [1.807, 2.05) is 60.7 Å². The number of fused-ring (bicyclic) bond motifs is 15. The molecule has 0 amide bonds. The van der Waals surface area contributed by atoms with E-state index < -0.39 is 10.8 Å². The van der Waals surface area contributed by atoms with Crippen LogP contribution in [0.25, 0.3) is 117 Å². The number of carbonyl (C=O) groups excluding carboxylic acids is 2. The highest BCUT2D eigenvalue weighted by Gasteiger charge is 2.48. The van der Waals surface area contributed by atoms with E-state index in [-0.39, 0.29) is 56.6 Å². The molecule has 4 aliphatic rings. The molecule has 0 aliphatic heterocycles. The van der Waals surface area contributed by atoms with Crippen molar-refractivity contribution in [3.05, 3.63) is 187 Å². The van der Waals surface area contributed by atoms with Crippen LogP contribution in [-0.4, -0.2) is 29.1 Å². The molecule has 0 fully saturated rings. The third-order valence-electron chi connectivity index (χ3n) is 17.0. The van der Waals surface area contributed by atoms with Gasteiger partial charge in [-0.2, -0.15) is 38.5 Å². The molecule has 10 nitrogen and oxygen atoms in total. The highest BCUT2D eigenvalue weighted by atomic mass is 32.1. The molecule has 16 rings (SSSR count). The van der Waals surface area contributed by atoms with Crippen LogP contribution >= 0.6 is 68.8 Å². The molecular weight excluding hydrogens is 1170 g/mol. The summed E-state index contributed by atoms with van der Waals surface area (Å²) in [5.41, 5.74) is 11.4. The first-order valence-corrected chi connectivity index (χ1v) is 30.9. The smallest absolute Gasteiger partial charge is 0.194 e. The van der Waals surface area contributed by atoms with Crippen LogP contribution in [0, 0.1) is 57.0 Å². The second-order valence-corrected chi connectivity index (χ2v) is 27.1. The van der Waals surface area contributed by atoms with Gasteiger partial charge in [0.1, 0.15) is 69.1 Å². The Morgan fingerprint density at radius 1 is 0.476 bits per heavy atom. The second kappa shape index (κ2) is 17.6. The largest absolute Gasteiger partial charge is 0.289 e. The van der Waals surface area contributed by atoms with E-state index in [9.17, 15) is 30.6 Å². The van der Waals surface area contributed by atoms with E-state index in [1.54, 1.807) is 83.4 Å². The standard InChI is InChI=1S/C66H30F2N8O2S6/c1-65(2)41-19-29-21-43(37-15-13-27(53-55(37)75-83-73-53)17-39-45(31(23-69)24-70)33-9-5-7-11-35(33)57(39)77)79-59(29)51(67)47(41)61-49(65)63-64(81-61)50-62(82-63)48-42(66(50,3)4)20-30-22-44(80-60(30)52(48)68)38-16-14-28(54-56(38)76-84-74-54)18-40-46(32(25-71)26-72)34-10-6-8-12-36(34)58(40)78/h5-22H,1-4H3. The number of halogens is 2. The van der Waals surface area contributed by atoms with Crippen LogP contribution < -0.4 is 0 Å². The van der Waals surface area contributed by atoms with Crippen LogP contribution in [0.4, 0.5) is 8.78 Å². The summed E-state index contributed by atoms with van der Waals surface area (Å²) in [6.45, 7) is 8.57. The summed E-state index contributed by atoms with van der Waals surface area (Å²) in [7, 11) is 0. The van der Waals surface area contributed by atoms with Crippen molar-refractivity contribution in [3.63, 3.8) is 0 Å². The van der Waals surface area contributed by atoms with Crippen LogP contribution in [0.1, 0.15) is 92.9 Å². The fourth-order valence-corrected chi connectivity index (χ4v) is 20.1. The van der Waals surface area contributed by atoms with Crippen LogP contribution in [0.2, 0.25) is 0 Å². The van der Waals surface area contributed by atoms with Crippen molar-refractivity contribution in [2.75, 3.05) is 0 Å². The summed E-state index contributed by atoms with van der Waals surface area (Å²) in [6.07, 6.45) is 3.35. The van der Waals surface area contributed by atoms with Crippen LogP contribution in [-0.2, 0) is 10.8 Å². The highest BCUT2D eigenvalue weighted by Crippen LogP contribution is 2.65. The lowest BCUT2D eigenvalue weighted by molar-refractivity contribution is 0.103. The van der Waals surface area contributed by atoms with Gasteiger partial charge in [-0.3, -0.25) is 9.59 Å². The number of ketones is 2. The average Bonchev–Trinajstić information content (AvgIpc) is 1.55. The third kappa shape index (κ3) is 6.55. The number of Topliss-reactive ketones (excluding diaryl/α,β-unsaturated/α-hetero) is 2. The normalized spacial score (nSPS) is 15.9. The van der Waals surface area contributed by atoms with Gasteiger partial charge in [0.15, 0.2) is 11.6 Å². The van der Waals surface area contributed by atoms with Gasteiger partial charge in [-0.25, -0.2) is 8.78 Å². The summed E-state index contributed by atoms with van der Waals surface area (Å²) in [5, 5.41) is 41.1. The summed E-state index contributed by atoms with van der Waals surface area (Å²) >= 11 is 7.93. The van der Waals surface area contributed by atoms with Crippen molar-refractivity contribution in [1.29, 1.82) is 21.0 Å². The van der Waals surface area contributed by atoms with Crippen molar-refractivity contribution in [3.8, 4) is 66.0 Å². The SMILES string of the molecule is CC1(C)c2cc3cc(-c4ccc(C=C5C(=O)c6ccccc6C5=C(C#N)C#N)c5nsnc45)sc3c(F)c2-c2sc3c4c(sc3c21)-c1c(cc2cc(-c3ccc(C=C5C(=O)c6ccccc6C5=C(C#N)C#N)c5nsnc35)sc2c1F)C4(C)C. The van der Waals surface area contributed by atoms with Crippen molar-refractivity contribution in [1.82, 2.24) is 17.5 Å². The molecular formula is C66H30F2N8O2S6. The minimum absolute atomic E-state index is 0.156. The molecule has 0 saturated carbocycles. The van der Waals surface area contributed by atoms with Crippen LogP contribution in [0.15, 0.2) is 119 Å². The van der Waals surface area contributed by atoms with Crippen molar-refractivity contribution >= 4 is 155 Å². The van der Waals surface area contributed by atoms with Crippen molar-refractivity contribution in [2.24, 2.45) is 0 Å². The van der Waals surface area contributed by atoms with E-state index in [0.717, 1.165) is 96.5 Å². The quantitative estimate of drug-likeness (QED) is 0.121. The first kappa shape index (κ1) is 50.4. The molecule has 0 atom stereocenters. The van der Waals surface area contributed by atoms with E-state index in [4.69, 9.17) is 8.75 Å². The molecule has 396 valence electrons. The number of allylic oxidation sites excluding steroid dienone is 6. The highest BCUT2D eigenvalue weighted by molar-refractivity contribution is 7.32. The van der Waals surface area contributed by atoms with Gasteiger partial charge in [0.05, 0.1) is 42.3 Å². The van der Waals surface area contributed by atoms with E-state index in [2.05, 4.69) is 48.6 Å². The lowest BCUT2D eigenvalue weighted by Crippen LogP contribution is -2.16. The topological polar surface area (TPSA) is 181 Å². The number of thiophene rings is 4.